The molecule has 118 valence electrons. The molecular weight excluding hydrogens is 274 g/mol. The van der Waals surface area contributed by atoms with Gasteiger partial charge in [-0.25, -0.2) is 9.59 Å². The van der Waals surface area contributed by atoms with Gasteiger partial charge in [-0.05, 0) is 40.5 Å². The Morgan fingerprint density at radius 1 is 1.38 bits per heavy atom. The van der Waals surface area contributed by atoms with Crippen LogP contribution in [0, 0.1) is 11.3 Å². The molecule has 6 nitrogen and oxygen atoms in total. The van der Waals surface area contributed by atoms with Crippen LogP contribution in [0.2, 0.25) is 0 Å². The van der Waals surface area contributed by atoms with E-state index >= 15 is 0 Å². The van der Waals surface area contributed by atoms with Gasteiger partial charge in [0.15, 0.2) is 0 Å². The number of carbonyl (C=O) groups is 3. The molecule has 1 heterocycles. The first kappa shape index (κ1) is 15.8. The summed E-state index contributed by atoms with van der Waals surface area (Å²) in [5, 5.41) is 0. The van der Waals surface area contributed by atoms with Crippen LogP contribution in [0.3, 0.4) is 0 Å². The van der Waals surface area contributed by atoms with Crippen LogP contribution in [0.25, 0.3) is 0 Å². The molecule has 0 N–H and O–H groups in total. The number of esters is 1. The van der Waals surface area contributed by atoms with Crippen molar-refractivity contribution in [3.63, 3.8) is 0 Å². The average Bonchev–Trinajstić information content (AvgIpc) is 2.91. The van der Waals surface area contributed by atoms with Crippen molar-refractivity contribution in [3.05, 3.63) is 0 Å². The molecule has 1 saturated carbocycles. The number of nitrogens with zero attached hydrogens (tertiary/aromatic N) is 1. The second-order valence-electron chi connectivity index (χ2n) is 6.76. The minimum atomic E-state index is -0.706. The normalized spacial score (nSPS) is 31.1. The lowest BCUT2D eigenvalue weighted by Gasteiger charge is -2.29. The Hall–Kier alpha value is -1.59. The van der Waals surface area contributed by atoms with E-state index in [-0.39, 0.29) is 12.5 Å². The summed E-state index contributed by atoms with van der Waals surface area (Å²) < 4.78 is 10.5. The monoisotopic (exact) mass is 297 g/mol. The summed E-state index contributed by atoms with van der Waals surface area (Å²) in [6.45, 7) is 7.73. The minimum Gasteiger partial charge on any atom is -0.464 e. The third kappa shape index (κ3) is 2.89. The van der Waals surface area contributed by atoms with E-state index in [0.717, 1.165) is 6.29 Å². The van der Waals surface area contributed by atoms with Gasteiger partial charge in [-0.15, -0.1) is 0 Å². The topological polar surface area (TPSA) is 72.9 Å². The summed E-state index contributed by atoms with van der Waals surface area (Å²) in [6, 6.07) is -0.706. The maximum absolute atomic E-state index is 12.3. The molecule has 2 aliphatic rings. The van der Waals surface area contributed by atoms with E-state index in [9.17, 15) is 14.4 Å². The molecule has 3 atom stereocenters. The lowest BCUT2D eigenvalue weighted by Crippen LogP contribution is -2.47. The predicted molar refractivity (Wildman–Crippen MR) is 74.6 cm³/mol. The zero-order chi connectivity index (χ0) is 15.8. The standard InChI is InChI=1S/C15H23NO5/c1-5-20-12(18)11-15(8-10(15)9-17)6-7-16(11)13(19)21-14(2,3)4/h9-11H,5-8H2,1-4H3. The van der Waals surface area contributed by atoms with Crippen LogP contribution >= 0.6 is 0 Å². The zero-order valence-corrected chi connectivity index (χ0v) is 13.0. The molecule has 0 radical (unpaired) electrons. The third-order valence-corrected chi connectivity index (χ3v) is 4.15. The van der Waals surface area contributed by atoms with Crippen LogP contribution in [0.4, 0.5) is 4.79 Å². The summed E-state index contributed by atoms with van der Waals surface area (Å²) in [6.07, 6.45) is 1.64. The summed E-state index contributed by atoms with van der Waals surface area (Å²) in [7, 11) is 0. The molecule has 1 saturated heterocycles. The first-order valence-electron chi connectivity index (χ1n) is 7.36. The SMILES string of the molecule is CCOC(=O)C1N(C(=O)OC(C)(C)C)CCC12CC2C=O. The van der Waals surface area contributed by atoms with E-state index in [1.165, 1.54) is 4.90 Å². The van der Waals surface area contributed by atoms with Crippen LogP contribution in [0.1, 0.15) is 40.5 Å². The number of aldehydes is 1. The second kappa shape index (κ2) is 5.31. The number of rotatable bonds is 3. The van der Waals surface area contributed by atoms with E-state index in [1.807, 2.05) is 0 Å². The highest BCUT2D eigenvalue weighted by Crippen LogP contribution is 2.61. The van der Waals surface area contributed by atoms with Crippen molar-refractivity contribution >= 4 is 18.3 Å². The van der Waals surface area contributed by atoms with Gasteiger partial charge < -0.3 is 14.3 Å². The number of carbonyl (C=O) groups excluding carboxylic acids is 3. The molecule has 0 bridgehead atoms. The Morgan fingerprint density at radius 3 is 2.52 bits per heavy atom. The van der Waals surface area contributed by atoms with Crippen molar-refractivity contribution in [1.29, 1.82) is 0 Å². The Kier molecular flexibility index (Phi) is 4.00. The Morgan fingerprint density at radius 2 is 2.05 bits per heavy atom. The van der Waals surface area contributed by atoms with Crippen molar-refractivity contribution < 1.29 is 23.9 Å². The Labute approximate surface area is 124 Å². The van der Waals surface area contributed by atoms with Crippen LogP contribution in [-0.4, -0.2) is 48.0 Å². The van der Waals surface area contributed by atoms with Gasteiger partial charge in [0.05, 0.1) is 6.61 Å². The van der Waals surface area contributed by atoms with Crippen molar-refractivity contribution in [1.82, 2.24) is 4.90 Å². The third-order valence-electron chi connectivity index (χ3n) is 4.15. The van der Waals surface area contributed by atoms with Crippen molar-refractivity contribution in [3.8, 4) is 0 Å². The van der Waals surface area contributed by atoms with E-state index in [0.29, 0.717) is 19.4 Å². The summed E-state index contributed by atoms with van der Waals surface area (Å²) >= 11 is 0. The van der Waals surface area contributed by atoms with Gasteiger partial charge in [0.1, 0.15) is 17.9 Å². The molecule has 0 aromatic rings. The lowest BCUT2D eigenvalue weighted by atomic mass is 9.94. The second-order valence-corrected chi connectivity index (χ2v) is 6.76. The molecule has 1 aliphatic carbocycles. The summed E-state index contributed by atoms with van der Waals surface area (Å²) in [5.74, 6) is -0.607. The number of likely N-dealkylation sites (tertiary alicyclic amines) is 1. The van der Waals surface area contributed by atoms with Gasteiger partial charge in [-0.1, -0.05) is 0 Å². The quantitative estimate of drug-likeness (QED) is 0.586. The minimum absolute atomic E-state index is 0.167. The van der Waals surface area contributed by atoms with Gasteiger partial charge in [0, 0.05) is 17.9 Å². The Balaban J connectivity index is 2.19. The van der Waals surface area contributed by atoms with Crippen molar-refractivity contribution in [2.75, 3.05) is 13.2 Å². The van der Waals surface area contributed by atoms with Gasteiger partial charge in [0.25, 0.3) is 0 Å². The highest BCUT2D eigenvalue weighted by molar-refractivity contribution is 5.85. The van der Waals surface area contributed by atoms with Gasteiger partial charge in [0.2, 0.25) is 0 Å². The zero-order valence-electron chi connectivity index (χ0n) is 13.0. The van der Waals surface area contributed by atoms with Gasteiger partial charge in [-0.2, -0.15) is 0 Å². The Bertz CT molecular complexity index is 455. The van der Waals surface area contributed by atoms with Crippen LogP contribution < -0.4 is 0 Å². The smallest absolute Gasteiger partial charge is 0.411 e. The average molecular weight is 297 g/mol. The fourth-order valence-corrected chi connectivity index (χ4v) is 3.14. The lowest BCUT2D eigenvalue weighted by molar-refractivity contribution is -0.150. The molecule has 0 aromatic heterocycles. The van der Waals surface area contributed by atoms with E-state index < -0.39 is 29.1 Å². The fraction of sp³-hybridized carbons (Fsp3) is 0.800. The molecule has 21 heavy (non-hydrogen) atoms. The molecular formula is C15H23NO5. The molecule has 1 aliphatic heterocycles. The fourth-order valence-electron chi connectivity index (χ4n) is 3.14. The molecule has 1 spiro atoms. The molecule has 1 amide bonds. The molecule has 3 unspecified atom stereocenters. The van der Waals surface area contributed by atoms with E-state index in [1.54, 1.807) is 27.7 Å². The number of hydrogen-bond acceptors (Lipinski definition) is 5. The first-order chi connectivity index (χ1) is 9.75. The number of ether oxygens (including phenoxy) is 2. The maximum Gasteiger partial charge on any atom is 0.411 e. The molecule has 0 aromatic carbocycles. The summed E-state index contributed by atoms with van der Waals surface area (Å²) in [5.41, 5.74) is -1.06. The van der Waals surface area contributed by atoms with E-state index in [2.05, 4.69) is 0 Å². The van der Waals surface area contributed by atoms with Crippen LogP contribution in [0.5, 0.6) is 0 Å². The predicted octanol–water partition coefficient (Wildman–Crippen LogP) is 1.76. The largest absolute Gasteiger partial charge is 0.464 e. The van der Waals surface area contributed by atoms with Crippen molar-refractivity contribution in [2.24, 2.45) is 11.3 Å². The maximum atomic E-state index is 12.3. The van der Waals surface area contributed by atoms with Crippen LogP contribution in [0.15, 0.2) is 0 Å². The van der Waals surface area contributed by atoms with Gasteiger partial charge >= 0.3 is 12.1 Å². The first-order valence-corrected chi connectivity index (χ1v) is 7.36. The van der Waals surface area contributed by atoms with Crippen LogP contribution in [-0.2, 0) is 19.1 Å². The number of amides is 1. The molecule has 2 rings (SSSR count). The van der Waals surface area contributed by atoms with E-state index in [4.69, 9.17) is 9.47 Å². The molecule has 6 heteroatoms. The highest BCUT2D eigenvalue weighted by Gasteiger charge is 2.67. The van der Waals surface area contributed by atoms with Gasteiger partial charge in [-0.3, -0.25) is 4.90 Å². The highest BCUT2D eigenvalue weighted by atomic mass is 16.6. The molecule has 2 fully saturated rings. The van der Waals surface area contributed by atoms with Crippen molar-refractivity contribution in [2.45, 2.75) is 52.2 Å². The number of hydrogen-bond donors (Lipinski definition) is 0. The summed E-state index contributed by atoms with van der Waals surface area (Å²) in [4.78, 5) is 37.0.